The number of hydrogen-bond acceptors (Lipinski definition) is 4. The standard InChI is InChI=1S/C19H20ClN3OS/c1-3-23-18(12-24-17-7-5-4-6-14(17)2)21-22-19(23)25-13-15-8-10-16(20)11-9-15/h4-11H,3,12-13H2,1-2H3. The summed E-state index contributed by atoms with van der Waals surface area (Å²) in [5, 5.41) is 10.3. The molecule has 130 valence electrons. The van der Waals surface area contributed by atoms with Gasteiger partial charge in [-0.2, -0.15) is 0 Å². The fourth-order valence-corrected chi connectivity index (χ4v) is 3.54. The van der Waals surface area contributed by atoms with Crippen molar-refractivity contribution in [3.05, 3.63) is 70.5 Å². The SMILES string of the molecule is CCn1c(COc2ccccc2C)nnc1SCc1ccc(Cl)cc1. The Kier molecular flexibility index (Phi) is 6.00. The van der Waals surface area contributed by atoms with E-state index in [1.807, 2.05) is 55.5 Å². The summed E-state index contributed by atoms with van der Waals surface area (Å²) in [6.07, 6.45) is 0. The van der Waals surface area contributed by atoms with E-state index >= 15 is 0 Å². The lowest BCUT2D eigenvalue weighted by Crippen LogP contribution is -2.07. The van der Waals surface area contributed by atoms with Crippen molar-refractivity contribution < 1.29 is 4.74 Å². The van der Waals surface area contributed by atoms with Gasteiger partial charge in [-0.15, -0.1) is 10.2 Å². The minimum absolute atomic E-state index is 0.410. The van der Waals surface area contributed by atoms with Crippen LogP contribution in [0, 0.1) is 6.92 Å². The van der Waals surface area contributed by atoms with Crippen LogP contribution in [0.4, 0.5) is 0 Å². The molecular formula is C19H20ClN3OS. The van der Waals surface area contributed by atoms with Gasteiger partial charge in [0.2, 0.25) is 0 Å². The average Bonchev–Trinajstić information content (AvgIpc) is 3.02. The van der Waals surface area contributed by atoms with E-state index in [4.69, 9.17) is 16.3 Å². The Labute approximate surface area is 157 Å². The van der Waals surface area contributed by atoms with E-state index in [1.165, 1.54) is 5.56 Å². The second-order valence-corrected chi connectivity index (χ2v) is 6.99. The van der Waals surface area contributed by atoms with Crippen LogP contribution in [0.5, 0.6) is 5.75 Å². The maximum atomic E-state index is 5.93. The monoisotopic (exact) mass is 373 g/mol. The van der Waals surface area contributed by atoms with Gasteiger partial charge in [0.1, 0.15) is 12.4 Å². The quantitative estimate of drug-likeness (QED) is 0.538. The lowest BCUT2D eigenvalue weighted by Gasteiger charge is -2.10. The molecule has 0 saturated carbocycles. The first kappa shape index (κ1) is 17.8. The molecular weight excluding hydrogens is 354 g/mol. The van der Waals surface area contributed by atoms with Crippen molar-refractivity contribution in [3.63, 3.8) is 0 Å². The number of rotatable bonds is 7. The van der Waals surface area contributed by atoms with Crippen molar-refractivity contribution in [2.75, 3.05) is 0 Å². The minimum Gasteiger partial charge on any atom is -0.485 e. The van der Waals surface area contributed by atoms with Gasteiger partial charge in [0, 0.05) is 17.3 Å². The number of hydrogen-bond donors (Lipinski definition) is 0. The molecule has 1 heterocycles. The molecule has 0 aliphatic heterocycles. The van der Waals surface area contributed by atoms with Crippen molar-refractivity contribution in [1.82, 2.24) is 14.8 Å². The maximum Gasteiger partial charge on any atom is 0.191 e. The van der Waals surface area contributed by atoms with Crippen molar-refractivity contribution in [2.24, 2.45) is 0 Å². The zero-order chi connectivity index (χ0) is 17.6. The van der Waals surface area contributed by atoms with Crippen LogP contribution in [0.1, 0.15) is 23.9 Å². The van der Waals surface area contributed by atoms with E-state index < -0.39 is 0 Å². The number of halogens is 1. The van der Waals surface area contributed by atoms with Gasteiger partial charge in [-0.3, -0.25) is 0 Å². The zero-order valence-corrected chi connectivity index (χ0v) is 15.8. The van der Waals surface area contributed by atoms with Gasteiger partial charge in [-0.25, -0.2) is 0 Å². The molecule has 1 aromatic heterocycles. The normalized spacial score (nSPS) is 10.8. The smallest absolute Gasteiger partial charge is 0.191 e. The Morgan fingerprint density at radius 2 is 1.84 bits per heavy atom. The topological polar surface area (TPSA) is 39.9 Å². The highest BCUT2D eigenvalue weighted by Crippen LogP contribution is 2.24. The van der Waals surface area contributed by atoms with E-state index in [9.17, 15) is 0 Å². The van der Waals surface area contributed by atoms with Crippen LogP contribution in [-0.2, 0) is 18.9 Å². The molecule has 0 saturated heterocycles. The largest absolute Gasteiger partial charge is 0.485 e. The lowest BCUT2D eigenvalue weighted by molar-refractivity contribution is 0.286. The van der Waals surface area contributed by atoms with Gasteiger partial charge in [0.05, 0.1) is 0 Å². The molecule has 2 aromatic carbocycles. The third kappa shape index (κ3) is 4.55. The fourth-order valence-electron chi connectivity index (χ4n) is 2.44. The number of para-hydroxylation sites is 1. The Morgan fingerprint density at radius 3 is 2.56 bits per heavy atom. The summed E-state index contributed by atoms with van der Waals surface area (Å²) in [5.74, 6) is 2.54. The van der Waals surface area contributed by atoms with Crippen LogP contribution in [0.25, 0.3) is 0 Å². The Bertz CT molecular complexity index is 833. The highest BCUT2D eigenvalue weighted by Gasteiger charge is 2.12. The first-order chi connectivity index (χ1) is 12.2. The summed E-state index contributed by atoms with van der Waals surface area (Å²) < 4.78 is 8.00. The third-order valence-corrected chi connectivity index (χ3v) is 5.13. The van der Waals surface area contributed by atoms with Gasteiger partial charge in [0.25, 0.3) is 0 Å². The molecule has 0 spiro atoms. The molecule has 0 radical (unpaired) electrons. The number of aromatic nitrogens is 3. The Hall–Kier alpha value is -1.98. The second kappa shape index (κ2) is 8.41. The van der Waals surface area contributed by atoms with Crippen molar-refractivity contribution in [3.8, 4) is 5.75 Å². The summed E-state index contributed by atoms with van der Waals surface area (Å²) in [4.78, 5) is 0. The van der Waals surface area contributed by atoms with Gasteiger partial charge >= 0.3 is 0 Å². The number of nitrogens with zero attached hydrogens (tertiary/aromatic N) is 3. The Balaban J connectivity index is 1.66. The lowest BCUT2D eigenvalue weighted by atomic mass is 10.2. The molecule has 0 amide bonds. The summed E-state index contributed by atoms with van der Waals surface area (Å²) >= 11 is 7.60. The molecule has 4 nitrogen and oxygen atoms in total. The molecule has 3 aromatic rings. The number of ether oxygens (including phenoxy) is 1. The molecule has 3 rings (SSSR count). The molecule has 0 fully saturated rings. The van der Waals surface area contributed by atoms with Crippen molar-refractivity contribution in [1.29, 1.82) is 0 Å². The van der Waals surface area contributed by atoms with Gasteiger partial charge in [-0.1, -0.05) is 53.7 Å². The summed E-state index contributed by atoms with van der Waals surface area (Å²) in [6.45, 7) is 5.34. The predicted octanol–water partition coefficient (Wildman–Crippen LogP) is 5.13. The van der Waals surface area contributed by atoms with E-state index in [1.54, 1.807) is 11.8 Å². The summed E-state index contributed by atoms with van der Waals surface area (Å²) in [5.41, 5.74) is 2.32. The van der Waals surface area contributed by atoms with Crippen molar-refractivity contribution >= 4 is 23.4 Å². The molecule has 0 bridgehead atoms. The average molecular weight is 374 g/mol. The number of benzene rings is 2. The number of aryl methyl sites for hydroxylation is 1. The first-order valence-corrected chi connectivity index (χ1v) is 9.51. The van der Waals surface area contributed by atoms with E-state index in [-0.39, 0.29) is 0 Å². The molecule has 6 heteroatoms. The van der Waals surface area contributed by atoms with Gasteiger partial charge < -0.3 is 9.30 Å². The first-order valence-electron chi connectivity index (χ1n) is 8.15. The minimum atomic E-state index is 0.410. The molecule has 0 atom stereocenters. The molecule has 0 N–H and O–H groups in total. The molecule has 25 heavy (non-hydrogen) atoms. The van der Waals surface area contributed by atoms with Gasteiger partial charge in [-0.05, 0) is 43.2 Å². The van der Waals surface area contributed by atoms with Crippen LogP contribution in [0.2, 0.25) is 5.02 Å². The van der Waals surface area contributed by atoms with Crippen LogP contribution >= 0.6 is 23.4 Å². The zero-order valence-electron chi connectivity index (χ0n) is 14.3. The Morgan fingerprint density at radius 1 is 1.08 bits per heavy atom. The summed E-state index contributed by atoms with van der Waals surface area (Å²) in [6, 6.07) is 15.9. The highest BCUT2D eigenvalue weighted by molar-refractivity contribution is 7.98. The molecule has 0 aliphatic carbocycles. The van der Waals surface area contributed by atoms with E-state index in [2.05, 4.69) is 21.7 Å². The molecule has 0 aliphatic rings. The van der Waals surface area contributed by atoms with Crippen molar-refractivity contribution in [2.45, 2.75) is 37.9 Å². The van der Waals surface area contributed by atoms with E-state index in [0.29, 0.717) is 6.61 Å². The third-order valence-electron chi connectivity index (χ3n) is 3.84. The van der Waals surface area contributed by atoms with Gasteiger partial charge in [0.15, 0.2) is 11.0 Å². The number of thioether (sulfide) groups is 1. The highest BCUT2D eigenvalue weighted by atomic mass is 35.5. The molecule has 0 unspecified atom stereocenters. The second-order valence-electron chi connectivity index (χ2n) is 5.61. The predicted molar refractivity (Wildman–Crippen MR) is 102 cm³/mol. The van der Waals surface area contributed by atoms with Crippen LogP contribution < -0.4 is 4.74 Å². The maximum absolute atomic E-state index is 5.93. The fraction of sp³-hybridized carbons (Fsp3) is 0.263. The van der Waals surface area contributed by atoms with Crippen LogP contribution in [0.15, 0.2) is 53.7 Å². The van der Waals surface area contributed by atoms with Crippen LogP contribution in [-0.4, -0.2) is 14.8 Å². The van der Waals surface area contributed by atoms with E-state index in [0.717, 1.165) is 39.6 Å². The van der Waals surface area contributed by atoms with Crippen LogP contribution in [0.3, 0.4) is 0 Å². The summed E-state index contributed by atoms with van der Waals surface area (Å²) in [7, 11) is 0.